The molecule has 3 aromatic carbocycles. The first-order valence-electron chi connectivity index (χ1n) is 13.1. The van der Waals surface area contributed by atoms with Gasteiger partial charge in [-0.3, -0.25) is 14.5 Å². The highest BCUT2D eigenvalue weighted by molar-refractivity contribution is 6.02. The number of carbonyl (C=O) groups is 3. The summed E-state index contributed by atoms with van der Waals surface area (Å²) in [5.74, 6) is -1.83. The predicted molar refractivity (Wildman–Crippen MR) is 149 cm³/mol. The van der Waals surface area contributed by atoms with Crippen molar-refractivity contribution in [1.29, 1.82) is 0 Å². The molecule has 0 aliphatic carbocycles. The summed E-state index contributed by atoms with van der Waals surface area (Å²) in [5.41, 5.74) is 4.00. The number of nitrogens with one attached hydrogen (secondary N) is 2. The summed E-state index contributed by atoms with van der Waals surface area (Å²) < 4.78 is 41.4. The number of alkyl halides is 3. The van der Waals surface area contributed by atoms with Crippen molar-refractivity contribution in [3.63, 3.8) is 0 Å². The highest BCUT2D eigenvalue weighted by Gasteiger charge is 2.31. The van der Waals surface area contributed by atoms with Gasteiger partial charge in [-0.25, -0.2) is 4.79 Å². The Kier molecular flexibility index (Phi) is 10.7. The van der Waals surface area contributed by atoms with Gasteiger partial charge < -0.3 is 20.5 Å². The highest BCUT2D eigenvalue weighted by Crippen LogP contribution is 2.27. The number of carboxylic acids is 1. The number of rotatable bonds is 12. The lowest BCUT2D eigenvalue weighted by Gasteiger charge is -2.26. The Bertz CT molecular complexity index is 1340. The normalized spacial score (nSPS) is 11.0. The Labute approximate surface area is 236 Å². The fraction of sp³-hybridized carbons (Fsp3) is 0.300. The molecule has 218 valence electrons. The largest absolute Gasteiger partial charge is 0.573 e. The van der Waals surface area contributed by atoms with Crippen LogP contribution in [0.3, 0.4) is 0 Å². The Hall–Kier alpha value is -4.54. The molecule has 0 radical (unpaired) electrons. The van der Waals surface area contributed by atoms with Crippen LogP contribution in [0.15, 0.2) is 66.7 Å². The Balaban J connectivity index is 1.81. The Morgan fingerprint density at radius 3 is 2.20 bits per heavy atom. The van der Waals surface area contributed by atoms with Crippen LogP contribution < -0.4 is 20.3 Å². The summed E-state index contributed by atoms with van der Waals surface area (Å²) >= 11 is 0. The number of urea groups is 1. The van der Waals surface area contributed by atoms with E-state index in [0.29, 0.717) is 16.8 Å². The number of aryl methyl sites for hydroxylation is 2. The SMILES string of the molecule is CCCCc1ccc(N(Cc2ccc(C(=O)NCCC(=O)O)cc2)C(=O)Nc2ccc(OC(F)(F)F)cc2)c(C)c1. The predicted octanol–water partition coefficient (Wildman–Crippen LogP) is 6.68. The molecule has 0 atom stereocenters. The zero-order valence-corrected chi connectivity index (χ0v) is 22.8. The zero-order chi connectivity index (χ0) is 30.0. The molecular formula is C30H32F3N3O5. The van der Waals surface area contributed by atoms with Crippen LogP contribution in [0.4, 0.5) is 29.3 Å². The number of amides is 3. The second kappa shape index (κ2) is 14.2. The molecule has 0 aliphatic heterocycles. The van der Waals surface area contributed by atoms with Gasteiger partial charge in [-0.1, -0.05) is 37.6 Å². The zero-order valence-electron chi connectivity index (χ0n) is 22.8. The van der Waals surface area contributed by atoms with E-state index in [4.69, 9.17) is 5.11 Å². The van der Waals surface area contributed by atoms with E-state index in [1.165, 1.54) is 17.0 Å². The minimum Gasteiger partial charge on any atom is -0.481 e. The number of hydrogen-bond acceptors (Lipinski definition) is 4. The molecular weight excluding hydrogens is 539 g/mol. The minimum atomic E-state index is -4.82. The number of unbranched alkanes of at least 4 members (excludes halogenated alkanes) is 1. The molecule has 3 amide bonds. The maximum atomic E-state index is 13.5. The molecule has 0 saturated heterocycles. The van der Waals surface area contributed by atoms with Gasteiger partial charge in [0, 0.05) is 23.5 Å². The Morgan fingerprint density at radius 2 is 1.61 bits per heavy atom. The monoisotopic (exact) mass is 571 g/mol. The molecule has 3 aromatic rings. The number of nitrogens with zero attached hydrogens (tertiary/aromatic N) is 1. The summed E-state index contributed by atoms with van der Waals surface area (Å²) in [7, 11) is 0. The number of ether oxygens (including phenoxy) is 1. The number of carbonyl (C=O) groups excluding carboxylic acids is 2. The van der Waals surface area contributed by atoms with Gasteiger partial charge in [-0.05, 0) is 78.9 Å². The van der Waals surface area contributed by atoms with Crippen molar-refractivity contribution in [3.8, 4) is 5.75 Å². The molecule has 3 N–H and O–H groups in total. The summed E-state index contributed by atoms with van der Waals surface area (Å²) in [5, 5.41) is 14.0. The van der Waals surface area contributed by atoms with Crippen LogP contribution in [0.2, 0.25) is 0 Å². The first kappa shape index (κ1) is 31.0. The Morgan fingerprint density at radius 1 is 0.951 bits per heavy atom. The molecule has 0 aliphatic rings. The summed E-state index contributed by atoms with van der Waals surface area (Å²) in [6, 6.07) is 16.8. The van der Waals surface area contributed by atoms with Crippen molar-refractivity contribution in [2.45, 2.75) is 52.4 Å². The number of halogens is 3. The van der Waals surface area contributed by atoms with Crippen molar-refractivity contribution in [2.24, 2.45) is 0 Å². The van der Waals surface area contributed by atoms with Gasteiger partial charge in [0.05, 0.1) is 13.0 Å². The number of anilines is 2. The molecule has 0 spiro atoms. The maximum Gasteiger partial charge on any atom is 0.573 e. The smallest absolute Gasteiger partial charge is 0.481 e. The first-order valence-corrected chi connectivity index (χ1v) is 13.1. The second-order valence-electron chi connectivity index (χ2n) is 9.41. The van der Waals surface area contributed by atoms with E-state index in [-0.39, 0.29) is 25.2 Å². The van der Waals surface area contributed by atoms with Crippen LogP contribution in [-0.4, -0.2) is 35.9 Å². The average molecular weight is 572 g/mol. The molecule has 11 heteroatoms. The quantitative estimate of drug-likeness (QED) is 0.225. The summed E-state index contributed by atoms with van der Waals surface area (Å²) in [4.78, 5) is 38.0. The minimum absolute atomic E-state index is 0.000699. The fourth-order valence-electron chi connectivity index (χ4n) is 4.08. The van der Waals surface area contributed by atoms with Crippen LogP contribution >= 0.6 is 0 Å². The lowest BCUT2D eigenvalue weighted by atomic mass is 10.0. The van der Waals surface area contributed by atoms with Crippen molar-refractivity contribution in [1.82, 2.24) is 5.32 Å². The van der Waals surface area contributed by atoms with Crippen LogP contribution in [0.25, 0.3) is 0 Å². The third kappa shape index (κ3) is 9.86. The van der Waals surface area contributed by atoms with Gasteiger partial charge in [-0.15, -0.1) is 13.2 Å². The van der Waals surface area contributed by atoms with Crippen LogP contribution in [-0.2, 0) is 17.8 Å². The third-order valence-corrected chi connectivity index (χ3v) is 6.14. The summed E-state index contributed by atoms with van der Waals surface area (Å²) in [6.07, 6.45) is -2.02. The van der Waals surface area contributed by atoms with Gasteiger partial charge in [0.2, 0.25) is 0 Å². The van der Waals surface area contributed by atoms with E-state index >= 15 is 0 Å². The fourth-order valence-corrected chi connectivity index (χ4v) is 4.08. The van der Waals surface area contributed by atoms with E-state index in [1.807, 2.05) is 25.1 Å². The van der Waals surface area contributed by atoms with E-state index < -0.39 is 30.0 Å². The van der Waals surface area contributed by atoms with Crippen molar-refractivity contribution in [2.75, 3.05) is 16.8 Å². The van der Waals surface area contributed by atoms with Crippen LogP contribution in [0.5, 0.6) is 5.75 Å². The molecule has 0 bridgehead atoms. The van der Waals surface area contributed by atoms with E-state index in [0.717, 1.165) is 42.5 Å². The van der Waals surface area contributed by atoms with E-state index in [1.54, 1.807) is 24.3 Å². The summed E-state index contributed by atoms with van der Waals surface area (Å²) in [6.45, 7) is 4.15. The van der Waals surface area contributed by atoms with Crippen molar-refractivity contribution >= 4 is 29.3 Å². The van der Waals surface area contributed by atoms with E-state index in [9.17, 15) is 27.6 Å². The van der Waals surface area contributed by atoms with Gasteiger partial charge in [0.15, 0.2) is 0 Å². The highest BCUT2D eigenvalue weighted by atomic mass is 19.4. The van der Waals surface area contributed by atoms with Crippen molar-refractivity contribution in [3.05, 3.63) is 89.0 Å². The molecule has 0 heterocycles. The van der Waals surface area contributed by atoms with Crippen molar-refractivity contribution < 1.29 is 37.4 Å². The molecule has 0 fully saturated rings. The molecule has 0 saturated carbocycles. The van der Waals surface area contributed by atoms with E-state index in [2.05, 4.69) is 22.3 Å². The number of aliphatic carboxylic acids is 1. The molecule has 0 unspecified atom stereocenters. The maximum absolute atomic E-state index is 13.5. The van der Waals surface area contributed by atoms with Crippen LogP contribution in [0.1, 0.15) is 53.2 Å². The molecule has 41 heavy (non-hydrogen) atoms. The molecule has 3 rings (SSSR count). The lowest BCUT2D eigenvalue weighted by molar-refractivity contribution is -0.274. The third-order valence-electron chi connectivity index (χ3n) is 6.14. The molecule has 8 nitrogen and oxygen atoms in total. The average Bonchev–Trinajstić information content (AvgIpc) is 2.91. The van der Waals surface area contributed by atoms with Gasteiger partial charge in [0.25, 0.3) is 5.91 Å². The standard InChI is InChI=1S/C30H32F3N3O5/c1-3-4-5-21-8-15-26(20(2)18-21)36(29(40)35-24-11-13-25(14-12-24)41-30(31,32)33)19-22-6-9-23(10-7-22)28(39)34-17-16-27(37)38/h6-15,18H,3-5,16-17,19H2,1-2H3,(H,34,39)(H,35,40)(H,37,38). The number of benzene rings is 3. The lowest BCUT2D eigenvalue weighted by Crippen LogP contribution is -2.35. The topological polar surface area (TPSA) is 108 Å². The van der Waals surface area contributed by atoms with Gasteiger partial charge in [0.1, 0.15) is 5.75 Å². The first-order chi connectivity index (χ1) is 19.4. The number of hydrogen-bond donors (Lipinski definition) is 3. The molecule has 0 aromatic heterocycles. The van der Waals surface area contributed by atoms with Crippen LogP contribution in [0, 0.1) is 6.92 Å². The number of carboxylic acid groups (broad SMARTS) is 1. The second-order valence-corrected chi connectivity index (χ2v) is 9.41. The van der Waals surface area contributed by atoms with Gasteiger partial charge in [-0.2, -0.15) is 0 Å². The van der Waals surface area contributed by atoms with Gasteiger partial charge >= 0.3 is 18.4 Å².